The molecule has 0 unspecified atom stereocenters. The lowest BCUT2D eigenvalue weighted by atomic mass is 9.89. The summed E-state index contributed by atoms with van der Waals surface area (Å²) in [5.41, 5.74) is 3.37. The third-order valence-electron chi connectivity index (χ3n) is 8.64. The van der Waals surface area contributed by atoms with Crippen LogP contribution in [0.1, 0.15) is 67.4 Å². The molecule has 2 aromatic rings. The molecule has 200 valence electrons. The van der Waals surface area contributed by atoms with Crippen molar-refractivity contribution in [1.82, 2.24) is 9.80 Å². The number of rotatable bonds is 10. The Bertz CT molecular complexity index is 1060. The van der Waals surface area contributed by atoms with Gasteiger partial charge in [-0.15, -0.1) is 0 Å². The van der Waals surface area contributed by atoms with Crippen LogP contribution in [0.15, 0.2) is 36.4 Å². The number of methoxy groups -OCH3 is 2. The van der Waals surface area contributed by atoms with Gasteiger partial charge >= 0.3 is 0 Å². The van der Waals surface area contributed by atoms with Gasteiger partial charge in [0.2, 0.25) is 0 Å². The van der Waals surface area contributed by atoms with Gasteiger partial charge in [-0.2, -0.15) is 0 Å². The van der Waals surface area contributed by atoms with Crippen LogP contribution in [0.2, 0.25) is 0 Å². The summed E-state index contributed by atoms with van der Waals surface area (Å²) in [4.78, 5) is 18.5. The lowest BCUT2D eigenvalue weighted by Gasteiger charge is -2.41. The molecule has 0 radical (unpaired) electrons. The van der Waals surface area contributed by atoms with E-state index in [0.29, 0.717) is 30.7 Å². The van der Waals surface area contributed by atoms with Gasteiger partial charge in [0.25, 0.3) is 5.91 Å². The molecule has 3 aliphatic rings. The van der Waals surface area contributed by atoms with Crippen molar-refractivity contribution in [3.63, 3.8) is 0 Å². The summed E-state index contributed by atoms with van der Waals surface area (Å²) in [6.45, 7) is 7.05. The Morgan fingerprint density at radius 1 is 0.973 bits per heavy atom. The smallest absolute Gasteiger partial charge is 0.254 e. The van der Waals surface area contributed by atoms with E-state index in [0.717, 1.165) is 80.8 Å². The molecule has 2 aromatic carbocycles. The van der Waals surface area contributed by atoms with E-state index in [1.165, 1.54) is 11.1 Å². The van der Waals surface area contributed by atoms with Gasteiger partial charge in [-0.05, 0) is 94.7 Å². The lowest BCUT2D eigenvalue weighted by molar-refractivity contribution is 0.0455. The largest absolute Gasteiger partial charge is 0.496 e. The van der Waals surface area contributed by atoms with Crippen LogP contribution in [-0.4, -0.2) is 67.7 Å². The Labute approximate surface area is 221 Å². The first-order valence-corrected chi connectivity index (χ1v) is 14.1. The quantitative estimate of drug-likeness (QED) is 0.434. The highest BCUT2D eigenvalue weighted by Crippen LogP contribution is 2.42. The highest BCUT2D eigenvalue weighted by atomic mass is 16.5. The number of piperidine rings is 1. The zero-order chi connectivity index (χ0) is 25.9. The molecule has 6 heteroatoms. The van der Waals surface area contributed by atoms with Crippen LogP contribution in [0.5, 0.6) is 17.2 Å². The summed E-state index contributed by atoms with van der Waals surface area (Å²) < 4.78 is 17.1. The van der Waals surface area contributed by atoms with Crippen molar-refractivity contribution in [1.29, 1.82) is 0 Å². The number of ether oxygens (including phenoxy) is 3. The summed E-state index contributed by atoms with van der Waals surface area (Å²) in [5.74, 6) is 3.52. The number of hydrogen-bond donors (Lipinski definition) is 0. The Balaban J connectivity index is 1.27. The molecular formula is C31H42N2O4. The first-order valence-electron chi connectivity index (χ1n) is 14.1. The van der Waals surface area contributed by atoms with Crippen molar-refractivity contribution in [2.75, 3.05) is 33.9 Å². The molecule has 0 saturated carbocycles. The topological polar surface area (TPSA) is 51.2 Å². The summed E-state index contributed by atoms with van der Waals surface area (Å²) in [7, 11) is 3.52. The molecule has 37 heavy (non-hydrogen) atoms. The average Bonchev–Trinajstić information content (AvgIpc) is 3.47. The molecule has 0 N–H and O–H groups in total. The fourth-order valence-corrected chi connectivity index (χ4v) is 7.13. The molecule has 6 nitrogen and oxygen atoms in total. The monoisotopic (exact) mass is 506 g/mol. The molecule has 2 aliphatic heterocycles. The second kappa shape index (κ2) is 11.3. The van der Waals surface area contributed by atoms with Crippen LogP contribution in [0.4, 0.5) is 0 Å². The van der Waals surface area contributed by atoms with Gasteiger partial charge in [0.1, 0.15) is 17.2 Å². The fourth-order valence-electron chi connectivity index (χ4n) is 7.13. The second-order valence-electron chi connectivity index (χ2n) is 10.9. The Morgan fingerprint density at radius 3 is 2.19 bits per heavy atom. The molecule has 0 aromatic heterocycles. The molecule has 5 rings (SSSR count). The minimum atomic E-state index is 0.170. The maximum absolute atomic E-state index is 13.5. The van der Waals surface area contributed by atoms with Crippen LogP contribution in [0.3, 0.4) is 0 Å². The predicted octanol–water partition coefficient (Wildman–Crippen LogP) is 5.37. The number of fused-ring (bicyclic) bond motifs is 3. The van der Waals surface area contributed by atoms with E-state index in [1.807, 2.05) is 43.3 Å². The van der Waals surface area contributed by atoms with E-state index in [1.54, 1.807) is 14.2 Å². The van der Waals surface area contributed by atoms with Crippen molar-refractivity contribution in [3.05, 3.63) is 53.1 Å². The Kier molecular flexibility index (Phi) is 7.94. The van der Waals surface area contributed by atoms with Crippen molar-refractivity contribution in [2.24, 2.45) is 5.92 Å². The second-order valence-corrected chi connectivity index (χ2v) is 10.9. The molecule has 2 bridgehead atoms. The van der Waals surface area contributed by atoms with Gasteiger partial charge in [-0.1, -0.05) is 13.0 Å². The number of carbonyl (C=O) groups excluding carboxylic acids is 1. The van der Waals surface area contributed by atoms with Crippen molar-refractivity contribution < 1.29 is 19.0 Å². The minimum absolute atomic E-state index is 0.170. The Morgan fingerprint density at radius 2 is 1.62 bits per heavy atom. The number of benzene rings is 2. The third-order valence-corrected chi connectivity index (χ3v) is 8.64. The lowest BCUT2D eigenvalue weighted by Crippen LogP contribution is -2.49. The Hall–Kier alpha value is -2.73. The minimum Gasteiger partial charge on any atom is -0.496 e. The van der Waals surface area contributed by atoms with E-state index in [-0.39, 0.29) is 5.91 Å². The number of amides is 1. The normalized spacial score (nSPS) is 22.8. The molecule has 2 saturated heterocycles. The van der Waals surface area contributed by atoms with Crippen molar-refractivity contribution in [3.8, 4) is 17.2 Å². The van der Waals surface area contributed by atoms with E-state index in [4.69, 9.17) is 14.2 Å². The van der Waals surface area contributed by atoms with Gasteiger partial charge in [0.05, 0.1) is 20.8 Å². The predicted molar refractivity (Wildman–Crippen MR) is 146 cm³/mol. The zero-order valence-electron chi connectivity index (χ0n) is 22.9. The van der Waals surface area contributed by atoms with Crippen molar-refractivity contribution >= 4 is 5.91 Å². The molecule has 0 spiro atoms. The van der Waals surface area contributed by atoms with Crippen LogP contribution < -0.4 is 14.2 Å². The fraction of sp³-hybridized carbons (Fsp3) is 0.581. The average molecular weight is 507 g/mol. The van der Waals surface area contributed by atoms with Gasteiger partial charge in [-0.25, -0.2) is 0 Å². The number of nitrogens with zero attached hydrogens (tertiary/aromatic N) is 2. The molecule has 2 heterocycles. The summed E-state index contributed by atoms with van der Waals surface area (Å²) in [6, 6.07) is 12.9. The standard InChI is InChI=1S/C31H42N2O4/c1-5-14-32(25-18-27-28(19-25)30(36-4)13-12-29(27)35-3)20-21-15-23-10-11-24(16-21)33(23)31(34)22-8-7-9-26(17-22)37-6-2/h7-9,12-13,17,21,23-25H,5-6,10-11,14-16,18-20H2,1-4H3/t21-,23-,24+. The summed E-state index contributed by atoms with van der Waals surface area (Å²) in [6.07, 6.45) is 7.59. The van der Waals surface area contributed by atoms with Crippen LogP contribution in [-0.2, 0) is 12.8 Å². The molecule has 1 amide bonds. The maximum atomic E-state index is 13.5. The number of carbonyl (C=O) groups is 1. The SMILES string of the molecule is CCCN(C[C@@H]1C[C@H]2CC[C@@H](C1)N2C(=O)c1cccc(OCC)c1)C1Cc2c(OC)ccc(OC)c2C1. The van der Waals surface area contributed by atoms with Crippen LogP contribution >= 0.6 is 0 Å². The summed E-state index contributed by atoms with van der Waals surface area (Å²) in [5, 5.41) is 0. The van der Waals surface area contributed by atoms with Gasteiger partial charge in [0.15, 0.2) is 0 Å². The molecular weight excluding hydrogens is 464 g/mol. The van der Waals surface area contributed by atoms with Crippen LogP contribution in [0, 0.1) is 5.92 Å². The third kappa shape index (κ3) is 5.18. The zero-order valence-corrected chi connectivity index (χ0v) is 22.9. The molecule has 2 fully saturated rings. The number of hydrogen-bond acceptors (Lipinski definition) is 5. The highest BCUT2D eigenvalue weighted by Gasteiger charge is 2.44. The molecule has 1 aliphatic carbocycles. The van der Waals surface area contributed by atoms with Gasteiger partial charge in [0, 0.05) is 41.4 Å². The first-order chi connectivity index (χ1) is 18.1. The van der Waals surface area contributed by atoms with Crippen LogP contribution in [0.25, 0.3) is 0 Å². The van der Waals surface area contributed by atoms with Gasteiger partial charge < -0.3 is 19.1 Å². The van der Waals surface area contributed by atoms with E-state index >= 15 is 0 Å². The van der Waals surface area contributed by atoms with E-state index in [2.05, 4.69) is 16.7 Å². The van der Waals surface area contributed by atoms with Crippen molar-refractivity contribution in [2.45, 2.75) is 76.9 Å². The van der Waals surface area contributed by atoms with E-state index < -0.39 is 0 Å². The van der Waals surface area contributed by atoms with E-state index in [9.17, 15) is 4.79 Å². The van der Waals surface area contributed by atoms with Gasteiger partial charge in [-0.3, -0.25) is 9.69 Å². The maximum Gasteiger partial charge on any atom is 0.254 e. The first kappa shape index (κ1) is 25.9. The molecule has 3 atom stereocenters. The highest BCUT2D eigenvalue weighted by molar-refractivity contribution is 5.95. The summed E-state index contributed by atoms with van der Waals surface area (Å²) >= 11 is 0.